The molecule has 0 radical (unpaired) electrons. The number of esters is 1. The second-order valence-corrected chi connectivity index (χ2v) is 5.62. The van der Waals surface area contributed by atoms with Gasteiger partial charge in [0.1, 0.15) is 6.10 Å². The van der Waals surface area contributed by atoms with E-state index in [0.717, 1.165) is 5.57 Å². The molecule has 20 heavy (non-hydrogen) atoms. The van der Waals surface area contributed by atoms with Crippen molar-refractivity contribution in [1.82, 2.24) is 0 Å². The molecule has 0 bridgehead atoms. The predicted octanol–water partition coefficient (Wildman–Crippen LogP) is 1.67. The number of hydrogen-bond acceptors (Lipinski definition) is 4. The van der Waals surface area contributed by atoms with Crippen molar-refractivity contribution in [3.63, 3.8) is 0 Å². The minimum atomic E-state index is -0.990. The summed E-state index contributed by atoms with van der Waals surface area (Å²) >= 11 is 0. The molecule has 1 aliphatic carbocycles. The summed E-state index contributed by atoms with van der Waals surface area (Å²) in [5.74, 6) is -2.17. The van der Waals surface area contributed by atoms with Gasteiger partial charge in [-0.2, -0.15) is 0 Å². The van der Waals surface area contributed by atoms with Gasteiger partial charge in [0, 0.05) is 17.9 Å². The van der Waals surface area contributed by atoms with Crippen molar-refractivity contribution >= 4 is 11.9 Å². The monoisotopic (exact) mass is 280 g/mol. The van der Waals surface area contributed by atoms with Crippen LogP contribution in [-0.4, -0.2) is 34.4 Å². The Bertz CT molecular complexity index is 477. The van der Waals surface area contributed by atoms with E-state index in [0.29, 0.717) is 12.8 Å². The quantitative estimate of drug-likeness (QED) is 0.564. The first kappa shape index (κ1) is 14.8. The zero-order valence-electron chi connectivity index (χ0n) is 11.7. The van der Waals surface area contributed by atoms with E-state index < -0.39 is 30.0 Å². The molecule has 0 aromatic carbocycles. The fourth-order valence-corrected chi connectivity index (χ4v) is 2.94. The Morgan fingerprint density at radius 3 is 2.80 bits per heavy atom. The second-order valence-electron chi connectivity index (χ2n) is 5.62. The molecule has 4 atom stereocenters. The molecule has 2 aliphatic rings. The summed E-state index contributed by atoms with van der Waals surface area (Å²) in [5.41, 5.74) is 1.24. The number of rotatable bonds is 1. The van der Waals surface area contributed by atoms with Crippen LogP contribution >= 0.6 is 0 Å². The molecule has 1 fully saturated rings. The molecule has 0 saturated carbocycles. The molecule has 1 saturated heterocycles. The number of aliphatic carboxylic acids is 1. The van der Waals surface area contributed by atoms with E-state index in [1.165, 1.54) is 0 Å². The van der Waals surface area contributed by atoms with Gasteiger partial charge in [-0.1, -0.05) is 24.6 Å². The Morgan fingerprint density at radius 2 is 2.15 bits per heavy atom. The first-order chi connectivity index (χ1) is 9.40. The molecule has 1 heterocycles. The van der Waals surface area contributed by atoms with Crippen LogP contribution in [0.4, 0.5) is 0 Å². The van der Waals surface area contributed by atoms with Crippen molar-refractivity contribution in [2.75, 3.05) is 0 Å². The van der Waals surface area contributed by atoms with Crippen molar-refractivity contribution < 1.29 is 24.5 Å². The topological polar surface area (TPSA) is 83.8 Å². The minimum Gasteiger partial charge on any atom is -0.478 e. The Balaban J connectivity index is 2.35. The molecular weight excluding hydrogens is 260 g/mol. The van der Waals surface area contributed by atoms with Crippen molar-refractivity contribution in [3.8, 4) is 0 Å². The Kier molecular flexibility index (Phi) is 4.28. The third-order valence-electron chi connectivity index (χ3n) is 4.12. The van der Waals surface area contributed by atoms with E-state index in [1.54, 1.807) is 19.1 Å². The van der Waals surface area contributed by atoms with Crippen LogP contribution < -0.4 is 0 Å². The number of hydrogen-bond donors (Lipinski definition) is 2. The highest BCUT2D eigenvalue weighted by Gasteiger charge is 2.45. The summed E-state index contributed by atoms with van der Waals surface area (Å²) in [7, 11) is 0. The van der Waals surface area contributed by atoms with Crippen LogP contribution in [0.15, 0.2) is 23.3 Å². The maximum absolute atomic E-state index is 11.7. The highest BCUT2D eigenvalue weighted by Crippen LogP contribution is 2.36. The molecule has 1 aliphatic heterocycles. The zero-order chi connectivity index (χ0) is 14.9. The third-order valence-corrected chi connectivity index (χ3v) is 4.12. The van der Waals surface area contributed by atoms with E-state index in [2.05, 4.69) is 0 Å². The highest BCUT2D eigenvalue weighted by molar-refractivity contribution is 5.87. The van der Waals surface area contributed by atoms with Crippen LogP contribution in [0.1, 0.15) is 33.1 Å². The summed E-state index contributed by atoms with van der Waals surface area (Å²) < 4.78 is 5.26. The number of carboxylic acids is 1. The van der Waals surface area contributed by atoms with Crippen LogP contribution in [0.2, 0.25) is 0 Å². The molecule has 0 unspecified atom stereocenters. The molecule has 0 amide bonds. The number of fused-ring (bicyclic) bond motifs is 1. The highest BCUT2D eigenvalue weighted by atomic mass is 16.6. The molecule has 110 valence electrons. The van der Waals surface area contributed by atoms with Crippen molar-refractivity contribution in [2.45, 2.75) is 45.3 Å². The number of carbonyl (C=O) groups excluding carboxylic acids is 1. The zero-order valence-corrected chi connectivity index (χ0v) is 11.7. The Morgan fingerprint density at radius 1 is 1.45 bits per heavy atom. The molecule has 0 aromatic rings. The van der Waals surface area contributed by atoms with E-state index in [-0.39, 0.29) is 18.0 Å². The lowest BCUT2D eigenvalue weighted by Crippen LogP contribution is -2.32. The van der Waals surface area contributed by atoms with Gasteiger partial charge in [0.05, 0.1) is 12.0 Å². The molecule has 0 spiro atoms. The molecule has 2 rings (SSSR count). The minimum absolute atomic E-state index is 0.153. The second kappa shape index (κ2) is 5.79. The number of carboxylic acid groups (broad SMARTS) is 1. The molecular formula is C15H20O5. The average Bonchev–Trinajstić information content (AvgIpc) is 2.63. The average molecular weight is 280 g/mol. The summed E-state index contributed by atoms with van der Waals surface area (Å²) in [6.45, 7) is 3.62. The number of carbonyl (C=O) groups is 2. The third kappa shape index (κ3) is 2.93. The number of allylic oxidation sites excluding steroid dienone is 2. The van der Waals surface area contributed by atoms with E-state index >= 15 is 0 Å². The summed E-state index contributed by atoms with van der Waals surface area (Å²) in [6, 6.07) is 0. The lowest BCUT2D eigenvalue weighted by atomic mass is 9.82. The summed E-state index contributed by atoms with van der Waals surface area (Å²) in [6.07, 6.45) is 3.55. The largest absolute Gasteiger partial charge is 0.478 e. The van der Waals surface area contributed by atoms with Crippen molar-refractivity contribution in [2.24, 2.45) is 11.8 Å². The number of aliphatic hydroxyl groups is 1. The van der Waals surface area contributed by atoms with Crippen LogP contribution in [0, 0.1) is 11.8 Å². The standard InChI is InChI=1S/C15H20O5/c1-8-4-3-5-10(14(17)18)7-12-13(11(16)6-8)9(2)15(19)20-12/h5-6,9,11-13,16H,3-4,7H2,1-2H3,(H,17,18)/b8-6+,10-5+/t9-,11+,12-,13-/m1/s1. The van der Waals surface area contributed by atoms with Gasteiger partial charge in [-0.25, -0.2) is 4.79 Å². The van der Waals surface area contributed by atoms with E-state index in [4.69, 9.17) is 4.74 Å². The fraction of sp³-hybridized carbons (Fsp3) is 0.600. The lowest BCUT2D eigenvalue weighted by Gasteiger charge is -2.24. The Labute approximate surface area is 117 Å². The van der Waals surface area contributed by atoms with Crippen molar-refractivity contribution in [3.05, 3.63) is 23.3 Å². The molecule has 5 heteroatoms. The summed E-state index contributed by atoms with van der Waals surface area (Å²) in [5, 5.41) is 19.5. The predicted molar refractivity (Wildman–Crippen MR) is 71.9 cm³/mol. The molecule has 0 aromatic heterocycles. The van der Waals surface area contributed by atoms with Crippen LogP contribution in [0.25, 0.3) is 0 Å². The summed E-state index contributed by atoms with van der Waals surface area (Å²) in [4.78, 5) is 23.0. The number of ether oxygens (including phenoxy) is 1. The maximum atomic E-state index is 11.7. The normalized spacial score (nSPS) is 39.9. The van der Waals surface area contributed by atoms with Gasteiger partial charge in [0.15, 0.2) is 0 Å². The van der Waals surface area contributed by atoms with E-state index in [1.807, 2.05) is 6.92 Å². The van der Waals surface area contributed by atoms with Gasteiger partial charge >= 0.3 is 11.9 Å². The first-order valence-corrected chi connectivity index (χ1v) is 6.88. The van der Waals surface area contributed by atoms with Gasteiger partial charge in [0.2, 0.25) is 0 Å². The molecule has 2 N–H and O–H groups in total. The van der Waals surface area contributed by atoms with Crippen LogP contribution in [-0.2, 0) is 14.3 Å². The molecule has 5 nitrogen and oxygen atoms in total. The Hall–Kier alpha value is -1.62. The van der Waals surface area contributed by atoms with E-state index in [9.17, 15) is 19.8 Å². The number of aliphatic hydroxyl groups excluding tert-OH is 1. The SMILES string of the molecule is C/C1=C\[C@H](O)[C@@H]2[C@@H](C/C(C(=O)O)=C\CC1)OC(=O)[C@@H]2C. The van der Waals surface area contributed by atoms with Crippen LogP contribution in [0.5, 0.6) is 0 Å². The fourth-order valence-electron chi connectivity index (χ4n) is 2.94. The van der Waals surface area contributed by atoms with Gasteiger partial charge in [-0.05, 0) is 19.8 Å². The van der Waals surface area contributed by atoms with Gasteiger partial charge < -0.3 is 14.9 Å². The van der Waals surface area contributed by atoms with Gasteiger partial charge in [-0.15, -0.1) is 0 Å². The van der Waals surface area contributed by atoms with Gasteiger partial charge in [-0.3, -0.25) is 4.79 Å². The first-order valence-electron chi connectivity index (χ1n) is 6.88. The van der Waals surface area contributed by atoms with Crippen LogP contribution in [0.3, 0.4) is 0 Å². The van der Waals surface area contributed by atoms with Gasteiger partial charge in [0.25, 0.3) is 0 Å². The smallest absolute Gasteiger partial charge is 0.331 e. The maximum Gasteiger partial charge on any atom is 0.331 e. The lowest BCUT2D eigenvalue weighted by molar-refractivity contribution is -0.144. The van der Waals surface area contributed by atoms with Crippen molar-refractivity contribution in [1.29, 1.82) is 0 Å².